The third kappa shape index (κ3) is 6.44. The molecule has 3 amide bonds. The van der Waals surface area contributed by atoms with Crippen LogP contribution in [0.1, 0.15) is 43.7 Å². The van der Waals surface area contributed by atoms with E-state index >= 15 is 0 Å². The lowest BCUT2D eigenvalue weighted by Gasteiger charge is -2.40. The fourth-order valence-corrected chi connectivity index (χ4v) is 5.15. The molecule has 0 radical (unpaired) electrons. The lowest BCUT2D eigenvalue weighted by molar-refractivity contribution is -0.139. The molecular weight excluding hydrogens is 468 g/mol. The van der Waals surface area contributed by atoms with Crippen LogP contribution in [0, 0.1) is 5.92 Å². The van der Waals surface area contributed by atoms with E-state index in [-0.39, 0.29) is 35.9 Å². The third-order valence-corrected chi connectivity index (χ3v) is 7.33. The van der Waals surface area contributed by atoms with Gasteiger partial charge in [0.1, 0.15) is 5.75 Å². The smallest absolute Gasteiger partial charge is 0.319 e. The van der Waals surface area contributed by atoms with Gasteiger partial charge in [-0.2, -0.15) is 0 Å². The molecule has 9 heteroatoms. The van der Waals surface area contributed by atoms with Crippen molar-refractivity contribution in [3.05, 3.63) is 53.3 Å². The monoisotopic (exact) mass is 500 g/mol. The van der Waals surface area contributed by atoms with Gasteiger partial charge in [0.15, 0.2) is 0 Å². The van der Waals surface area contributed by atoms with Crippen LogP contribution in [0.15, 0.2) is 42.6 Å². The van der Waals surface area contributed by atoms with Gasteiger partial charge in [0.2, 0.25) is 5.91 Å². The largest absolute Gasteiger partial charge is 0.495 e. The summed E-state index contributed by atoms with van der Waals surface area (Å²) in [6.45, 7) is 1.11. The number of carbonyl (C=O) groups is 2. The summed E-state index contributed by atoms with van der Waals surface area (Å²) in [5.41, 5.74) is 1.48. The molecule has 35 heavy (non-hydrogen) atoms. The number of methoxy groups -OCH3 is 2. The second-order valence-corrected chi connectivity index (χ2v) is 9.66. The lowest BCUT2D eigenvalue weighted by atomic mass is 9.84. The Kier molecular flexibility index (Phi) is 8.46. The number of aromatic nitrogens is 1. The lowest BCUT2D eigenvalue weighted by Crippen LogP contribution is -2.53. The van der Waals surface area contributed by atoms with Crippen molar-refractivity contribution in [1.29, 1.82) is 0 Å². The Morgan fingerprint density at radius 1 is 1.03 bits per heavy atom. The SMILES string of the molecule is COc1ccc([C@@H]2CN(C(=O)C3CCC(OC)CC3)CC[C@H]2NC(=O)Nc2ccc(Cl)cc2)nc1. The number of likely N-dealkylation sites (tertiary alicyclic amines) is 1. The molecule has 2 aromatic rings. The number of nitrogens with one attached hydrogen (secondary N) is 2. The zero-order valence-corrected chi connectivity index (χ0v) is 21.0. The van der Waals surface area contributed by atoms with Crippen LogP contribution in [-0.2, 0) is 9.53 Å². The molecule has 8 nitrogen and oxygen atoms in total. The Morgan fingerprint density at radius 3 is 2.40 bits per heavy atom. The molecule has 1 saturated heterocycles. The summed E-state index contributed by atoms with van der Waals surface area (Å²) >= 11 is 5.94. The minimum absolute atomic E-state index is 0.0311. The van der Waals surface area contributed by atoms with E-state index in [1.807, 2.05) is 17.0 Å². The average molecular weight is 501 g/mol. The van der Waals surface area contributed by atoms with Crippen LogP contribution >= 0.6 is 11.6 Å². The summed E-state index contributed by atoms with van der Waals surface area (Å²) in [6.07, 6.45) is 6.11. The van der Waals surface area contributed by atoms with E-state index in [1.165, 1.54) is 0 Å². The second-order valence-electron chi connectivity index (χ2n) is 9.22. The van der Waals surface area contributed by atoms with Crippen molar-refractivity contribution in [3.8, 4) is 5.75 Å². The van der Waals surface area contributed by atoms with Gasteiger partial charge in [0.25, 0.3) is 0 Å². The fraction of sp³-hybridized carbons (Fsp3) is 0.500. The first kappa shape index (κ1) is 25.3. The summed E-state index contributed by atoms with van der Waals surface area (Å²) in [5.74, 6) is 0.757. The summed E-state index contributed by atoms with van der Waals surface area (Å²) in [5, 5.41) is 6.57. The zero-order chi connectivity index (χ0) is 24.8. The maximum atomic E-state index is 13.4. The van der Waals surface area contributed by atoms with Crippen LogP contribution < -0.4 is 15.4 Å². The van der Waals surface area contributed by atoms with E-state index in [9.17, 15) is 9.59 Å². The van der Waals surface area contributed by atoms with Gasteiger partial charge in [0.05, 0.1) is 19.4 Å². The molecule has 1 aliphatic heterocycles. The Bertz CT molecular complexity index is 993. The fourth-order valence-electron chi connectivity index (χ4n) is 5.03. The number of urea groups is 1. The predicted molar refractivity (Wildman–Crippen MR) is 135 cm³/mol. The zero-order valence-electron chi connectivity index (χ0n) is 20.2. The highest BCUT2D eigenvalue weighted by Crippen LogP contribution is 2.32. The number of rotatable bonds is 6. The normalized spacial score (nSPS) is 24.5. The van der Waals surface area contributed by atoms with Crippen LogP contribution in [0.2, 0.25) is 5.02 Å². The number of hydrogen-bond acceptors (Lipinski definition) is 5. The van der Waals surface area contributed by atoms with Crippen molar-refractivity contribution in [3.63, 3.8) is 0 Å². The highest BCUT2D eigenvalue weighted by atomic mass is 35.5. The molecule has 2 fully saturated rings. The summed E-state index contributed by atoms with van der Waals surface area (Å²) in [4.78, 5) is 32.7. The average Bonchev–Trinajstić information content (AvgIpc) is 2.90. The molecule has 2 N–H and O–H groups in total. The van der Waals surface area contributed by atoms with Gasteiger partial charge in [-0.3, -0.25) is 9.78 Å². The first-order valence-corrected chi connectivity index (χ1v) is 12.5. The molecule has 4 rings (SSSR count). The van der Waals surface area contributed by atoms with Gasteiger partial charge in [0, 0.05) is 54.5 Å². The van der Waals surface area contributed by atoms with Crippen molar-refractivity contribution in [2.45, 2.75) is 50.2 Å². The molecule has 1 saturated carbocycles. The number of amides is 3. The number of nitrogens with zero attached hydrogens (tertiary/aromatic N) is 2. The van der Waals surface area contributed by atoms with Crippen LogP contribution in [-0.4, -0.2) is 61.3 Å². The van der Waals surface area contributed by atoms with Crippen molar-refractivity contribution in [1.82, 2.24) is 15.2 Å². The van der Waals surface area contributed by atoms with E-state index in [0.29, 0.717) is 36.0 Å². The van der Waals surface area contributed by atoms with E-state index in [4.69, 9.17) is 21.1 Å². The summed E-state index contributed by atoms with van der Waals surface area (Å²) in [7, 11) is 3.33. The number of halogens is 1. The highest BCUT2D eigenvalue weighted by molar-refractivity contribution is 6.30. The highest BCUT2D eigenvalue weighted by Gasteiger charge is 2.37. The topological polar surface area (TPSA) is 92.8 Å². The Morgan fingerprint density at radius 2 is 1.77 bits per heavy atom. The number of pyridine rings is 1. The Balaban J connectivity index is 1.45. The van der Waals surface area contributed by atoms with Crippen LogP contribution in [0.4, 0.5) is 10.5 Å². The molecule has 0 spiro atoms. The molecule has 2 heterocycles. The van der Waals surface area contributed by atoms with Crippen molar-refractivity contribution >= 4 is 29.2 Å². The van der Waals surface area contributed by atoms with Gasteiger partial charge >= 0.3 is 6.03 Å². The van der Waals surface area contributed by atoms with Gasteiger partial charge in [-0.15, -0.1) is 0 Å². The van der Waals surface area contributed by atoms with Gasteiger partial charge in [-0.05, 0) is 68.5 Å². The predicted octanol–water partition coefficient (Wildman–Crippen LogP) is 4.46. The molecule has 0 unspecified atom stereocenters. The summed E-state index contributed by atoms with van der Waals surface area (Å²) < 4.78 is 10.7. The van der Waals surface area contributed by atoms with Gasteiger partial charge in [-0.1, -0.05) is 11.6 Å². The van der Waals surface area contributed by atoms with Crippen LogP contribution in [0.25, 0.3) is 0 Å². The van der Waals surface area contributed by atoms with Crippen LogP contribution in [0.5, 0.6) is 5.75 Å². The third-order valence-electron chi connectivity index (χ3n) is 7.07. The molecule has 188 valence electrons. The molecular formula is C26H33ClN4O4. The number of ether oxygens (including phenoxy) is 2. The van der Waals surface area contributed by atoms with E-state index in [2.05, 4.69) is 15.6 Å². The Hall–Kier alpha value is -2.84. The number of carbonyl (C=O) groups excluding carboxylic acids is 2. The number of anilines is 1. The molecule has 2 atom stereocenters. The molecule has 1 aromatic carbocycles. The van der Waals surface area contributed by atoms with E-state index in [1.54, 1.807) is 44.7 Å². The van der Waals surface area contributed by atoms with Crippen molar-refractivity contribution < 1.29 is 19.1 Å². The van der Waals surface area contributed by atoms with Crippen LogP contribution in [0.3, 0.4) is 0 Å². The van der Waals surface area contributed by atoms with Gasteiger partial charge < -0.3 is 25.0 Å². The second kappa shape index (κ2) is 11.7. The molecule has 1 aromatic heterocycles. The number of hydrogen-bond donors (Lipinski definition) is 2. The minimum atomic E-state index is -0.298. The maximum absolute atomic E-state index is 13.4. The number of piperidine rings is 1. The van der Waals surface area contributed by atoms with Crippen molar-refractivity contribution in [2.75, 3.05) is 32.6 Å². The maximum Gasteiger partial charge on any atom is 0.319 e. The van der Waals surface area contributed by atoms with E-state index < -0.39 is 0 Å². The summed E-state index contributed by atoms with van der Waals surface area (Å²) in [6, 6.07) is 10.3. The van der Waals surface area contributed by atoms with E-state index in [0.717, 1.165) is 31.4 Å². The quantitative estimate of drug-likeness (QED) is 0.611. The van der Waals surface area contributed by atoms with Gasteiger partial charge in [-0.25, -0.2) is 4.79 Å². The first-order chi connectivity index (χ1) is 17.0. The first-order valence-electron chi connectivity index (χ1n) is 12.1. The molecule has 1 aliphatic carbocycles. The standard InChI is InChI=1S/C26H33ClN4O4/c1-34-20-9-3-17(4-10-20)25(32)31-14-13-24(22(16-31)23-12-11-21(35-2)15-28-23)30-26(33)29-19-7-5-18(27)6-8-19/h5-8,11-12,15,17,20,22,24H,3-4,9-10,13-14,16H2,1-2H3,(H2,29,30,33)/t17?,20?,22-,24+/m0/s1. The van der Waals surface area contributed by atoms with Crippen molar-refractivity contribution in [2.24, 2.45) is 5.92 Å². The molecule has 2 aliphatic rings. The minimum Gasteiger partial charge on any atom is -0.495 e. The molecule has 0 bridgehead atoms. The number of benzene rings is 1. The Labute approximate surface area is 211 Å².